The Labute approximate surface area is 148 Å². The van der Waals surface area contributed by atoms with Gasteiger partial charge in [-0.25, -0.2) is 0 Å². The van der Waals surface area contributed by atoms with Crippen LogP contribution in [0.1, 0.15) is 18.9 Å². The van der Waals surface area contributed by atoms with Crippen LogP contribution in [-0.4, -0.2) is 43.5 Å². The number of carbonyl (C=O) groups is 2. The van der Waals surface area contributed by atoms with E-state index in [9.17, 15) is 9.59 Å². The Kier molecular flexibility index (Phi) is 5.22. The Hall–Kier alpha value is -2.56. The topological polar surface area (TPSA) is 58.6 Å². The fourth-order valence-electron chi connectivity index (χ4n) is 3.47. The quantitative estimate of drug-likeness (QED) is 0.878. The van der Waals surface area contributed by atoms with Gasteiger partial charge >= 0.3 is 0 Å². The molecule has 0 unspecified atom stereocenters. The molecule has 0 radical (unpaired) electrons. The molecule has 5 heteroatoms. The molecule has 132 valence electrons. The monoisotopic (exact) mass is 340 g/mol. The summed E-state index contributed by atoms with van der Waals surface area (Å²) in [5.74, 6) is 0.630. The highest BCUT2D eigenvalue weighted by Crippen LogP contribution is 2.28. The van der Waals surface area contributed by atoms with Gasteiger partial charge in [-0.3, -0.25) is 9.59 Å². The van der Waals surface area contributed by atoms with E-state index in [0.717, 1.165) is 22.1 Å². The van der Waals surface area contributed by atoms with Gasteiger partial charge in [-0.1, -0.05) is 30.3 Å². The van der Waals surface area contributed by atoms with Crippen LogP contribution in [0.5, 0.6) is 5.75 Å². The molecular weight excluding hydrogens is 316 g/mol. The lowest BCUT2D eigenvalue weighted by molar-refractivity contribution is -0.128. The van der Waals surface area contributed by atoms with Gasteiger partial charge in [0, 0.05) is 31.6 Å². The molecule has 25 heavy (non-hydrogen) atoms. The van der Waals surface area contributed by atoms with Crippen LogP contribution in [0, 0.1) is 5.92 Å². The summed E-state index contributed by atoms with van der Waals surface area (Å²) < 4.78 is 5.49. The van der Waals surface area contributed by atoms with E-state index in [1.807, 2.05) is 31.2 Å². The molecule has 2 aromatic rings. The van der Waals surface area contributed by atoms with E-state index in [-0.39, 0.29) is 17.7 Å². The van der Waals surface area contributed by atoms with Crippen LogP contribution in [0.15, 0.2) is 36.4 Å². The summed E-state index contributed by atoms with van der Waals surface area (Å²) in [5.41, 5.74) is 1.10. The highest BCUT2D eigenvalue weighted by atomic mass is 16.5. The first kappa shape index (κ1) is 17.3. The summed E-state index contributed by atoms with van der Waals surface area (Å²) in [7, 11) is 1.66. The Bertz CT molecular complexity index is 788. The van der Waals surface area contributed by atoms with Gasteiger partial charge in [0.15, 0.2) is 0 Å². The molecule has 1 aliphatic rings. The molecule has 1 N–H and O–H groups in total. The van der Waals surface area contributed by atoms with Crippen LogP contribution in [0.4, 0.5) is 0 Å². The second-order valence-corrected chi connectivity index (χ2v) is 6.34. The van der Waals surface area contributed by atoms with E-state index in [4.69, 9.17) is 4.74 Å². The highest BCUT2D eigenvalue weighted by Gasteiger charge is 2.33. The molecule has 1 fully saturated rings. The van der Waals surface area contributed by atoms with E-state index in [1.165, 1.54) is 0 Å². The number of ether oxygens (including phenoxy) is 1. The number of fused-ring (bicyclic) bond motifs is 1. The molecule has 1 aliphatic heterocycles. The molecule has 0 saturated carbocycles. The van der Waals surface area contributed by atoms with Gasteiger partial charge in [0.2, 0.25) is 11.8 Å². The van der Waals surface area contributed by atoms with E-state index in [0.29, 0.717) is 32.5 Å². The average Bonchev–Trinajstić information content (AvgIpc) is 3.02. The van der Waals surface area contributed by atoms with E-state index in [1.54, 1.807) is 12.0 Å². The standard InChI is InChI=1S/C20H24N2O3/c1-3-22-13-15(12-19(22)23)20(24)21-11-10-17-16-7-5-4-6-14(16)8-9-18(17)25-2/h4-9,15H,3,10-13H2,1-2H3,(H,21,24)/t15-/m1/s1. The molecule has 2 aromatic carbocycles. The first-order chi connectivity index (χ1) is 12.1. The van der Waals surface area contributed by atoms with Crippen molar-refractivity contribution in [3.63, 3.8) is 0 Å². The zero-order chi connectivity index (χ0) is 17.8. The molecule has 5 nitrogen and oxygen atoms in total. The predicted molar refractivity (Wildman–Crippen MR) is 97.6 cm³/mol. The minimum absolute atomic E-state index is 0.0384. The SMILES string of the molecule is CCN1C[C@H](C(=O)NCCc2c(OC)ccc3ccccc23)CC1=O. The maximum atomic E-state index is 12.3. The lowest BCUT2D eigenvalue weighted by atomic mass is 10.0. The summed E-state index contributed by atoms with van der Waals surface area (Å²) in [4.78, 5) is 25.8. The molecule has 0 bridgehead atoms. The van der Waals surface area contributed by atoms with Crippen LogP contribution in [0.25, 0.3) is 10.8 Å². The van der Waals surface area contributed by atoms with Crippen molar-refractivity contribution in [3.05, 3.63) is 42.0 Å². The normalized spacial score (nSPS) is 17.1. The maximum absolute atomic E-state index is 12.3. The van der Waals surface area contributed by atoms with Gasteiger partial charge in [-0.15, -0.1) is 0 Å². The van der Waals surface area contributed by atoms with Crippen molar-refractivity contribution >= 4 is 22.6 Å². The van der Waals surface area contributed by atoms with Crippen molar-refractivity contribution in [1.29, 1.82) is 0 Å². The Balaban J connectivity index is 1.65. The van der Waals surface area contributed by atoms with E-state index in [2.05, 4.69) is 17.4 Å². The maximum Gasteiger partial charge on any atom is 0.225 e. The molecule has 0 aromatic heterocycles. The third kappa shape index (κ3) is 3.60. The fraction of sp³-hybridized carbons (Fsp3) is 0.400. The van der Waals surface area contributed by atoms with Gasteiger partial charge in [0.25, 0.3) is 0 Å². The van der Waals surface area contributed by atoms with Crippen LogP contribution < -0.4 is 10.1 Å². The Morgan fingerprint density at radius 2 is 2.08 bits per heavy atom. The summed E-state index contributed by atoms with van der Waals surface area (Å²) in [6.45, 7) is 3.65. The van der Waals surface area contributed by atoms with Crippen LogP contribution >= 0.6 is 0 Å². The first-order valence-corrected chi connectivity index (χ1v) is 8.74. The number of methoxy groups -OCH3 is 1. The molecule has 2 amide bonds. The minimum atomic E-state index is -0.234. The van der Waals surface area contributed by atoms with Crippen molar-refractivity contribution in [2.24, 2.45) is 5.92 Å². The number of likely N-dealkylation sites (tertiary alicyclic amines) is 1. The first-order valence-electron chi connectivity index (χ1n) is 8.74. The van der Waals surface area contributed by atoms with Crippen LogP contribution in [0.3, 0.4) is 0 Å². The van der Waals surface area contributed by atoms with Crippen molar-refractivity contribution in [3.8, 4) is 5.75 Å². The zero-order valence-corrected chi connectivity index (χ0v) is 14.7. The van der Waals surface area contributed by atoms with Gasteiger partial charge in [-0.2, -0.15) is 0 Å². The van der Waals surface area contributed by atoms with Gasteiger partial charge in [0.05, 0.1) is 13.0 Å². The molecule has 0 spiro atoms. The van der Waals surface area contributed by atoms with Crippen molar-refractivity contribution in [1.82, 2.24) is 10.2 Å². The number of nitrogens with zero attached hydrogens (tertiary/aromatic N) is 1. The van der Waals surface area contributed by atoms with Crippen molar-refractivity contribution < 1.29 is 14.3 Å². The number of amides is 2. The average molecular weight is 340 g/mol. The summed E-state index contributed by atoms with van der Waals surface area (Å²) in [6, 6.07) is 12.2. The Morgan fingerprint density at radius 1 is 1.28 bits per heavy atom. The lowest BCUT2D eigenvalue weighted by Crippen LogP contribution is -2.34. The molecule has 0 aliphatic carbocycles. The summed E-state index contributed by atoms with van der Waals surface area (Å²) in [6.07, 6.45) is 1.01. The van der Waals surface area contributed by atoms with Gasteiger partial charge in [-0.05, 0) is 30.2 Å². The number of benzene rings is 2. The number of hydrogen-bond donors (Lipinski definition) is 1. The second kappa shape index (κ2) is 7.55. The predicted octanol–water partition coefficient (Wildman–Crippen LogP) is 2.38. The third-order valence-electron chi connectivity index (χ3n) is 4.86. The molecule has 1 heterocycles. The molecular formula is C20H24N2O3. The van der Waals surface area contributed by atoms with Crippen LogP contribution in [0.2, 0.25) is 0 Å². The molecule has 1 atom stereocenters. The zero-order valence-electron chi connectivity index (χ0n) is 14.7. The molecule has 3 rings (SSSR count). The summed E-state index contributed by atoms with van der Waals surface area (Å²) >= 11 is 0. The third-order valence-corrected chi connectivity index (χ3v) is 4.86. The van der Waals surface area contributed by atoms with E-state index < -0.39 is 0 Å². The van der Waals surface area contributed by atoms with Crippen LogP contribution in [-0.2, 0) is 16.0 Å². The highest BCUT2D eigenvalue weighted by molar-refractivity contribution is 5.90. The van der Waals surface area contributed by atoms with Crippen molar-refractivity contribution in [2.45, 2.75) is 19.8 Å². The lowest BCUT2D eigenvalue weighted by Gasteiger charge is -2.15. The van der Waals surface area contributed by atoms with Crippen molar-refractivity contribution in [2.75, 3.05) is 26.7 Å². The number of rotatable bonds is 6. The molecule has 1 saturated heterocycles. The second-order valence-electron chi connectivity index (χ2n) is 6.34. The number of carbonyl (C=O) groups excluding carboxylic acids is 2. The summed E-state index contributed by atoms with van der Waals surface area (Å²) in [5, 5.41) is 5.28. The largest absolute Gasteiger partial charge is 0.496 e. The van der Waals surface area contributed by atoms with Gasteiger partial charge < -0.3 is 15.0 Å². The number of nitrogens with one attached hydrogen (secondary N) is 1. The number of hydrogen-bond acceptors (Lipinski definition) is 3. The smallest absolute Gasteiger partial charge is 0.225 e. The minimum Gasteiger partial charge on any atom is -0.496 e. The Morgan fingerprint density at radius 3 is 2.80 bits per heavy atom. The fourth-order valence-corrected chi connectivity index (χ4v) is 3.47. The van der Waals surface area contributed by atoms with E-state index >= 15 is 0 Å². The van der Waals surface area contributed by atoms with Gasteiger partial charge in [0.1, 0.15) is 5.75 Å².